The molecule has 2 unspecified atom stereocenters. The fraction of sp³-hybridized carbons (Fsp3) is 0.846. The molecule has 2 atom stereocenters. The van der Waals surface area contributed by atoms with Gasteiger partial charge in [-0.25, -0.2) is 0 Å². The molecule has 5 nitrogen and oxygen atoms in total. The van der Waals surface area contributed by atoms with E-state index in [0.717, 1.165) is 19.4 Å². The molecule has 104 valence electrons. The van der Waals surface area contributed by atoms with E-state index in [0.29, 0.717) is 6.54 Å². The lowest BCUT2D eigenvalue weighted by atomic mass is 9.84. The fourth-order valence-corrected chi connectivity index (χ4v) is 2.11. The molecule has 1 fully saturated rings. The Hall–Kier alpha value is -1.10. The van der Waals surface area contributed by atoms with Crippen LogP contribution in [-0.4, -0.2) is 36.1 Å². The van der Waals surface area contributed by atoms with Crippen LogP contribution in [0.15, 0.2) is 0 Å². The highest BCUT2D eigenvalue weighted by atomic mass is 16.4. The van der Waals surface area contributed by atoms with Gasteiger partial charge in [-0.3, -0.25) is 9.59 Å². The predicted molar refractivity (Wildman–Crippen MR) is 69.2 cm³/mol. The van der Waals surface area contributed by atoms with Gasteiger partial charge in [-0.15, -0.1) is 0 Å². The average molecular weight is 256 g/mol. The van der Waals surface area contributed by atoms with Crippen molar-refractivity contribution in [2.45, 2.75) is 46.1 Å². The molecule has 5 heteroatoms. The van der Waals surface area contributed by atoms with Crippen molar-refractivity contribution in [3.05, 3.63) is 0 Å². The summed E-state index contributed by atoms with van der Waals surface area (Å²) in [6.45, 7) is 7.48. The second-order valence-electron chi connectivity index (χ2n) is 6.07. The van der Waals surface area contributed by atoms with Crippen LogP contribution in [0.2, 0.25) is 0 Å². The molecular formula is C13H24N2O3. The number of rotatable bonds is 4. The van der Waals surface area contributed by atoms with Gasteiger partial charge in [0.15, 0.2) is 0 Å². The number of piperidine rings is 1. The van der Waals surface area contributed by atoms with E-state index in [-0.39, 0.29) is 29.7 Å². The second kappa shape index (κ2) is 6.18. The number of hydrogen-bond donors (Lipinski definition) is 3. The van der Waals surface area contributed by atoms with Crippen LogP contribution in [0.1, 0.15) is 40.0 Å². The van der Waals surface area contributed by atoms with Gasteiger partial charge in [0.1, 0.15) is 0 Å². The first-order valence-corrected chi connectivity index (χ1v) is 6.53. The Morgan fingerprint density at radius 3 is 2.56 bits per heavy atom. The summed E-state index contributed by atoms with van der Waals surface area (Å²) in [7, 11) is 0. The lowest BCUT2D eigenvalue weighted by molar-refractivity contribution is -0.138. The monoisotopic (exact) mass is 256 g/mol. The Labute approximate surface area is 108 Å². The van der Waals surface area contributed by atoms with Crippen molar-refractivity contribution in [2.24, 2.45) is 11.3 Å². The van der Waals surface area contributed by atoms with Crippen LogP contribution in [0, 0.1) is 11.3 Å². The molecule has 0 spiro atoms. The molecule has 1 amide bonds. The van der Waals surface area contributed by atoms with Crippen LogP contribution < -0.4 is 10.6 Å². The molecule has 1 heterocycles. The third kappa shape index (κ3) is 4.64. The topological polar surface area (TPSA) is 78.4 Å². The quantitative estimate of drug-likeness (QED) is 0.701. The van der Waals surface area contributed by atoms with Crippen molar-refractivity contribution in [1.82, 2.24) is 10.6 Å². The van der Waals surface area contributed by atoms with Crippen molar-refractivity contribution in [3.63, 3.8) is 0 Å². The van der Waals surface area contributed by atoms with Crippen LogP contribution in [0.3, 0.4) is 0 Å². The lowest BCUT2D eigenvalue weighted by Gasteiger charge is -2.32. The predicted octanol–water partition coefficient (Wildman–Crippen LogP) is 0.992. The Bertz CT molecular complexity index is 304. The SMILES string of the molecule is CC(C)(C)C(CC(=O)O)NC(=O)C1CCCNC1. The molecule has 1 rings (SSSR count). The fourth-order valence-electron chi connectivity index (χ4n) is 2.11. The molecular weight excluding hydrogens is 232 g/mol. The number of amides is 1. The summed E-state index contributed by atoms with van der Waals surface area (Å²) < 4.78 is 0. The molecule has 3 N–H and O–H groups in total. The number of hydrogen-bond acceptors (Lipinski definition) is 3. The van der Waals surface area contributed by atoms with Crippen LogP contribution in [-0.2, 0) is 9.59 Å². The Morgan fingerprint density at radius 1 is 1.44 bits per heavy atom. The lowest BCUT2D eigenvalue weighted by Crippen LogP contribution is -2.49. The normalized spacial score (nSPS) is 22.3. The zero-order chi connectivity index (χ0) is 13.8. The van der Waals surface area contributed by atoms with Crippen LogP contribution >= 0.6 is 0 Å². The van der Waals surface area contributed by atoms with Gasteiger partial charge in [0.25, 0.3) is 0 Å². The minimum absolute atomic E-state index is 0.0247. The van der Waals surface area contributed by atoms with Gasteiger partial charge in [0, 0.05) is 12.6 Å². The van der Waals surface area contributed by atoms with Crippen LogP contribution in [0.5, 0.6) is 0 Å². The molecule has 1 saturated heterocycles. The molecule has 18 heavy (non-hydrogen) atoms. The van der Waals surface area contributed by atoms with E-state index in [1.54, 1.807) is 0 Å². The van der Waals surface area contributed by atoms with Gasteiger partial charge < -0.3 is 15.7 Å². The van der Waals surface area contributed by atoms with E-state index in [9.17, 15) is 9.59 Å². The summed E-state index contributed by atoms with van der Waals surface area (Å²) >= 11 is 0. The molecule has 0 aromatic rings. The standard InChI is InChI=1S/C13H24N2O3/c1-13(2,3)10(7-11(16)17)15-12(18)9-5-4-6-14-8-9/h9-10,14H,4-8H2,1-3H3,(H,15,18)(H,16,17). The third-order valence-corrected chi connectivity index (χ3v) is 3.41. The maximum Gasteiger partial charge on any atom is 0.305 e. The summed E-state index contributed by atoms with van der Waals surface area (Å²) in [5.41, 5.74) is -0.254. The first-order chi connectivity index (χ1) is 8.30. The smallest absolute Gasteiger partial charge is 0.305 e. The maximum absolute atomic E-state index is 12.1. The highest BCUT2D eigenvalue weighted by Gasteiger charge is 2.31. The van der Waals surface area contributed by atoms with Crippen molar-refractivity contribution < 1.29 is 14.7 Å². The highest BCUT2D eigenvalue weighted by Crippen LogP contribution is 2.23. The number of aliphatic carboxylic acids is 1. The number of carboxylic acid groups (broad SMARTS) is 1. The Balaban J connectivity index is 2.59. The largest absolute Gasteiger partial charge is 0.481 e. The molecule has 1 aliphatic rings. The highest BCUT2D eigenvalue weighted by molar-refractivity contribution is 5.80. The number of carboxylic acids is 1. The van der Waals surface area contributed by atoms with Crippen molar-refractivity contribution >= 4 is 11.9 Å². The maximum atomic E-state index is 12.1. The summed E-state index contributed by atoms with van der Waals surface area (Å²) in [5.74, 6) is -0.933. The molecule has 0 saturated carbocycles. The Morgan fingerprint density at radius 2 is 2.11 bits per heavy atom. The zero-order valence-corrected chi connectivity index (χ0v) is 11.5. The van der Waals surface area contributed by atoms with E-state index < -0.39 is 5.97 Å². The summed E-state index contributed by atoms with van der Waals surface area (Å²) in [6.07, 6.45) is 1.84. The first-order valence-electron chi connectivity index (χ1n) is 6.53. The minimum atomic E-state index is -0.878. The van der Waals surface area contributed by atoms with E-state index in [4.69, 9.17) is 5.11 Å². The summed E-state index contributed by atoms with van der Waals surface area (Å²) in [4.78, 5) is 22.9. The molecule has 0 radical (unpaired) electrons. The van der Waals surface area contributed by atoms with Gasteiger partial charge >= 0.3 is 5.97 Å². The number of nitrogens with one attached hydrogen (secondary N) is 2. The van der Waals surface area contributed by atoms with Gasteiger partial charge in [-0.05, 0) is 24.8 Å². The van der Waals surface area contributed by atoms with Crippen LogP contribution in [0.25, 0.3) is 0 Å². The van der Waals surface area contributed by atoms with E-state index in [1.807, 2.05) is 20.8 Å². The van der Waals surface area contributed by atoms with E-state index in [1.165, 1.54) is 0 Å². The first kappa shape index (κ1) is 15.0. The average Bonchev–Trinajstić information content (AvgIpc) is 2.27. The minimum Gasteiger partial charge on any atom is -0.481 e. The molecule has 1 aliphatic heterocycles. The van der Waals surface area contributed by atoms with E-state index >= 15 is 0 Å². The van der Waals surface area contributed by atoms with Gasteiger partial charge in [0.05, 0.1) is 12.3 Å². The van der Waals surface area contributed by atoms with Gasteiger partial charge in [-0.1, -0.05) is 20.8 Å². The summed E-state index contributed by atoms with van der Waals surface area (Å²) in [6, 6.07) is -0.329. The summed E-state index contributed by atoms with van der Waals surface area (Å²) in [5, 5.41) is 15.0. The van der Waals surface area contributed by atoms with Crippen molar-refractivity contribution in [2.75, 3.05) is 13.1 Å². The van der Waals surface area contributed by atoms with Crippen molar-refractivity contribution in [1.29, 1.82) is 0 Å². The zero-order valence-electron chi connectivity index (χ0n) is 11.5. The number of carbonyl (C=O) groups excluding carboxylic acids is 1. The van der Waals surface area contributed by atoms with Crippen molar-refractivity contribution in [3.8, 4) is 0 Å². The number of carbonyl (C=O) groups is 2. The third-order valence-electron chi connectivity index (χ3n) is 3.41. The molecule has 0 aromatic heterocycles. The second-order valence-corrected chi connectivity index (χ2v) is 6.07. The molecule has 0 aromatic carbocycles. The molecule has 0 bridgehead atoms. The Kier molecular flexibility index (Phi) is 5.14. The van der Waals surface area contributed by atoms with Gasteiger partial charge in [-0.2, -0.15) is 0 Å². The van der Waals surface area contributed by atoms with Gasteiger partial charge in [0.2, 0.25) is 5.91 Å². The van der Waals surface area contributed by atoms with Crippen LogP contribution in [0.4, 0.5) is 0 Å². The molecule has 0 aliphatic carbocycles. The van der Waals surface area contributed by atoms with E-state index in [2.05, 4.69) is 10.6 Å².